The van der Waals surface area contributed by atoms with Crippen molar-refractivity contribution in [2.45, 2.75) is 44.4 Å². The molecular weight excluding hydrogens is 340 g/mol. The minimum absolute atomic E-state index is 0.00502. The number of hydrogen-bond donors (Lipinski definition) is 0. The number of carbonyl (C=O) groups is 1. The first kappa shape index (κ1) is 19.5. The molecule has 0 aliphatic rings. The van der Waals surface area contributed by atoms with Gasteiger partial charge in [-0.1, -0.05) is 49.1 Å². The van der Waals surface area contributed by atoms with Crippen LogP contribution in [-0.2, 0) is 23.8 Å². The molecule has 0 saturated carbocycles. The number of benzene rings is 1. The van der Waals surface area contributed by atoms with Gasteiger partial charge in [-0.05, 0) is 25.5 Å². The van der Waals surface area contributed by atoms with E-state index < -0.39 is 16.1 Å². The number of aryl methyl sites for hydroxylation is 1. The van der Waals surface area contributed by atoms with Gasteiger partial charge in [0.25, 0.3) is 0 Å². The van der Waals surface area contributed by atoms with Crippen LogP contribution < -0.4 is 0 Å². The number of hydrogen-bond acceptors (Lipinski definition) is 5. The number of carbonyl (C=O) groups excluding carboxylic acids is 1. The lowest BCUT2D eigenvalue weighted by Crippen LogP contribution is -2.11. The van der Waals surface area contributed by atoms with Crippen LogP contribution in [0.1, 0.15) is 38.2 Å². The number of rotatable bonds is 8. The first-order valence-corrected chi connectivity index (χ1v) is 9.08. The van der Waals surface area contributed by atoms with Crippen LogP contribution in [0.5, 0.6) is 0 Å². The van der Waals surface area contributed by atoms with Crippen LogP contribution in [-0.4, -0.2) is 21.5 Å². The summed E-state index contributed by atoms with van der Waals surface area (Å²) in [4.78, 5) is 11.6. The van der Waals surface area contributed by atoms with E-state index in [0.29, 0.717) is 6.42 Å². The SMILES string of the molecule is CCCCC/C(OS(=O)(=O)c1ccc(C)cc1)=C(/Cl)C(=O)OC. The van der Waals surface area contributed by atoms with Crippen LogP contribution in [0.2, 0.25) is 0 Å². The number of allylic oxidation sites excluding steroid dienone is 1. The summed E-state index contributed by atoms with van der Waals surface area (Å²) >= 11 is 5.91. The standard InChI is InChI=1S/C16H21ClO5S/c1-4-5-6-7-14(15(17)16(18)21-3)22-23(19,20)13-10-8-12(2)9-11-13/h8-11H,4-7H2,1-3H3/b15-14-. The van der Waals surface area contributed by atoms with E-state index in [2.05, 4.69) is 4.74 Å². The minimum Gasteiger partial charge on any atom is -0.465 e. The van der Waals surface area contributed by atoms with Gasteiger partial charge in [-0.3, -0.25) is 0 Å². The maximum atomic E-state index is 12.3. The summed E-state index contributed by atoms with van der Waals surface area (Å²) in [6.07, 6.45) is 2.70. The highest BCUT2D eigenvalue weighted by atomic mass is 35.5. The van der Waals surface area contributed by atoms with Crippen molar-refractivity contribution < 1.29 is 22.1 Å². The zero-order valence-corrected chi connectivity index (χ0v) is 15.0. The van der Waals surface area contributed by atoms with Crippen molar-refractivity contribution in [1.82, 2.24) is 0 Å². The Balaban J connectivity index is 3.08. The van der Waals surface area contributed by atoms with Gasteiger partial charge < -0.3 is 8.92 Å². The Labute approximate surface area is 142 Å². The van der Waals surface area contributed by atoms with Crippen LogP contribution >= 0.6 is 11.6 Å². The zero-order valence-electron chi connectivity index (χ0n) is 13.5. The number of halogens is 1. The van der Waals surface area contributed by atoms with Crippen LogP contribution in [0, 0.1) is 6.92 Å². The predicted octanol–water partition coefficient (Wildman–Crippen LogP) is 3.90. The van der Waals surface area contributed by atoms with Gasteiger partial charge in [0.2, 0.25) is 0 Å². The largest absolute Gasteiger partial charge is 0.465 e. The molecule has 1 aromatic carbocycles. The van der Waals surface area contributed by atoms with Gasteiger partial charge in [0.15, 0.2) is 5.03 Å². The molecule has 0 aromatic heterocycles. The molecule has 1 rings (SSSR count). The summed E-state index contributed by atoms with van der Waals surface area (Å²) in [7, 11) is -2.88. The lowest BCUT2D eigenvalue weighted by molar-refractivity contribution is -0.135. The number of methoxy groups -OCH3 is 1. The molecule has 7 heteroatoms. The Morgan fingerprint density at radius 2 is 1.78 bits per heavy atom. The first-order chi connectivity index (χ1) is 10.8. The number of ether oxygens (including phenoxy) is 1. The maximum absolute atomic E-state index is 12.3. The normalized spacial score (nSPS) is 12.5. The molecule has 5 nitrogen and oxygen atoms in total. The first-order valence-electron chi connectivity index (χ1n) is 7.30. The van der Waals surface area contributed by atoms with Gasteiger partial charge in [-0.2, -0.15) is 8.42 Å². The molecule has 0 radical (unpaired) electrons. The van der Waals surface area contributed by atoms with Crippen molar-refractivity contribution >= 4 is 27.7 Å². The van der Waals surface area contributed by atoms with E-state index >= 15 is 0 Å². The van der Waals surface area contributed by atoms with Crippen LogP contribution in [0.4, 0.5) is 0 Å². The van der Waals surface area contributed by atoms with E-state index in [1.807, 2.05) is 13.8 Å². The molecule has 0 heterocycles. The topological polar surface area (TPSA) is 69.7 Å². The second-order valence-electron chi connectivity index (χ2n) is 5.04. The molecule has 128 valence electrons. The lowest BCUT2D eigenvalue weighted by Gasteiger charge is -2.12. The maximum Gasteiger partial charge on any atom is 0.353 e. The predicted molar refractivity (Wildman–Crippen MR) is 88.5 cm³/mol. The fourth-order valence-electron chi connectivity index (χ4n) is 1.81. The molecular formula is C16H21ClO5S. The van der Waals surface area contributed by atoms with Crippen molar-refractivity contribution in [2.24, 2.45) is 0 Å². The van der Waals surface area contributed by atoms with E-state index in [0.717, 1.165) is 18.4 Å². The number of esters is 1. The monoisotopic (exact) mass is 360 g/mol. The second-order valence-corrected chi connectivity index (χ2v) is 6.96. The Hall–Kier alpha value is -1.53. The fourth-order valence-corrected chi connectivity index (χ4v) is 3.07. The summed E-state index contributed by atoms with van der Waals surface area (Å²) in [6.45, 7) is 3.86. The van der Waals surface area contributed by atoms with E-state index in [1.165, 1.54) is 19.2 Å². The van der Waals surface area contributed by atoms with Gasteiger partial charge in [0.1, 0.15) is 10.7 Å². The van der Waals surface area contributed by atoms with E-state index in [4.69, 9.17) is 15.8 Å². The molecule has 0 amide bonds. The van der Waals surface area contributed by atoms with Crippen LogP contribution in [0.3, 0.4) is 0 Å². The van der Waals surface area contributed by atoms with Crippen molar-refractivity contribution in [2.75, 3.05) is 7.11 Å². The third kappa shape index (κ3) is 5.88. The summed E-state index contributed by atoms with van der Waals surface area (Å²) < 4.78 is 34.3. The van der Waals surface area contributed by atoms with Crippen molar-refractivity contribution in [3.05, 3.63) is 40.6 Å². The molecule has 23 heavy (non-hydrogen) atoms. The highest BCUT2D eigenvalue weighted by molar-refractivity contribution is 7.86. The van der Waals surface area contributed by atoms with Gasteiger partial charge in [0.05, 0.1) is 7.11 Å². The van der Waals surface area contributed by atoms with Crippen molar-refractivity contribution in [1.29, 1.82) is 0 Å². The van der Waals surface area contributed by atoms with Gasteiger partial charge in [-0.25, -0.2) is 4.79 Å². The quantitative estimate of drug-likeness (QED) is 0.231. The summed E-state index contributed by atoms with van der Waals surface area (Å²) in [6, 6.07) is 6.22. The molecule has 0 atom stereocenters. The molecule has 0 N–H and O–H groups in total. The summed E-state index contributed by atoms with van der Waals surface area (Å²) in [5.74, 6) is -0.912. The highest BCUT2D eigenvalue weighted by Gasteiger charge is 2.23. The Bertz CT molecular complexity index is 662. The van der Waals surface area contributed by atoms with Gasteiger partial charge in [0, 0.05) is 6.42 Å². The molecule has 0 fully saturated rings. The summed E-state index contributed by atoms with van der Waals surface area (Å²) in [5, 5.41) is -0.348. The highest BCUT2D eigenvalue weighted by Crippen LogP contribution is 2.24. The van der Waals surface area contributed by atoms with Crippen molar-refractivity contribution in [3.8, 4) is 0 Å². The van der Waals surface area contributed by atoms with E-state index in [-0.39, 0.29) is 22.1 Å². The summed E-state index contributed by atoms with van der Waals surface area (Å²) in [5.41, 5.74) is 0.926. The zero-order chi connectivity index (χ0) is 17.5. The molecule has 0 bridgehead atoms. The van der Waals surface area contributed by atoms with Crippen molar-refractivity contribution in [3.63, 3.8) is 0 Å². The number of unbranched alkanes of at least 4 members (excludes halogenated alkanes) is 2. The van der Waals surface area contributed by atoms with Gasteiger partial charge >= 0.3 is 16.1 Å². The molecule has 0 aliphatic carbocycles. The second kappa shape index (κ2) is 8.93. The molecule has 1 aromatic rings. The molecule has 0 spiro atoms. The Morgan fingerprint density at radius 1 is 1.17 bits per heavy atom. The van der Waals surface area contributed by atoms with E-state index in [9.17, 15) is 13.2 Å². The minimum atomic E-state index is -4.05. The molecule has 0 saturated heterocycles. The van der Waals surface area contributed by atoms with Crippen LogP contribution in [0.25, 0.3) is 0 Å². The lowest BCUT2D eigenvalue weighted by atomic mass is 10.2. The average Bonchev–Trinajstić information content (AvgIpc) is 2.53. The molecule has 0 unspecified atom stereocenters. The Kier molecular flexibility index (Phi) is 7.58. The smallest absolute Gasteiger partial charge is 0.353 e. The average molecular weight is 361 g/mol. The third-order valence-electron chi connectivity index (χ3n) is 3.14. The molecule has 0 aliphatic heterocycles. The Morgan fingerprint density at radius 3 is 2.30 bits per heavy atom. The fraction of sp³-hybridized carbons (Fsp3) is 0.438. The third-order valence-corrected chi connectivity index (χ3v) is 4.77. The van der Waals surface area contributed by atoms with Gasteiger partial charge in [-0.15, -0.1) is 0 Å². The van der Waals surface area contributed by atoms with Crippen LogP contribution in [0.15, 0.2) is 40.0 Å². The van der Waals surface area contributed by atoms with E-state index in [1.54, 1.807) is 12.1 Å².